The SMILES string of the molecule is CCC(=O)c1ccccc1Nc1nc(Nc2ccc(N3CCOCC3)cc2OC)ncc1Br. The molecule has 3 aromatic rings. The Hall–Kier alpha value is -3.17. The molecule has 0 aliphatic carbocycles. The summed E-state index contributed by atoms with van der Waals surface area (Å²) in [6, 6.07) is 13.4. The molecule has 1 aliphatic heterocycles. The van der Waals surface area contributed by atoms with Crippen molar-refractivity contribution in [1.29, 1.82) is 0 Å². The average Bonchev–Trinajstić information content (AvgIpc) is 2.86. The second-order valence-corrected chi connectivity index (χ2v) is 8.30. The van der Waals surface area contributed by atoms with Gasteiger partial charge in [0.25, 0.3) is 0 Å². The quantitative estimate of drug-likeness (QED) is 0.400. The molecule has 8 nitrogen and oxygen atoms in total. The van der Waals surface area contributed by atoms with Gasteiger partial charge in [-0.25, -0.2) is 4.98 Å². The lowest BCUT2D eigenvalue weighted by Crippen LogP contribution is -2.36. The summed E-state index contributed by atoms with van der Waals surface area (Å²) in [5.74, 6) is 1.70. The molecule has 1 saturated heterocycles. The molecule has 33 heavy (non-hydrogen) atoms. The number of halogens is 1. The second kappa shape index (κ2) is 10.6. The number of carbonyl (C=O) groups excluding carboxylic acids is 1. The standard InChI is InChI=1S/C24H26BrN5O3/c1-3-21(31)17-6-4-5-7-19(17)27-23-18(25)15-26-24(29-23)28-20-9-8-16(14-22(20)32-2)30-10-12-33-13-11-30/h4-9,14-15H,3,10-13H2,1-2H3,(H2,26,27,28,29). The number of hydrogen-bond acceptors (Lipinski definition) is 8. The van der Waals surface area contributed by atoms with Crippen LogP contribution in [-0.2, 0) is 4.74 Å². The molecule has 2 N–H and O–H groups in total. The number of anilines is 5. The van der Waals surface area contributed by atoms with Gasteiger partial charge in [0.05, 0.1) is 36.2 Å². The van der Waals surface area contributed by atoms with Gasteiger partial charge in [0.2, 0.25) is 5.95 Å². The van der Waals surface area contributed by atoms with Crippen molar-refractivity contribution in [1.82, 2.24) is 9.97 Å². The first-order chi connectivity index (χ1) is 16.1. The normalized spacial score (nSPS) is 13.5. The van der Waals surface area contributed by atoms with Gasteiger partial charge in [-0.15, -0.1) is 0 Å². The van der Waals surface area contributed by atoms with Crippen LogP contribution in [0.2, 0.25) is 0 Å². The summed E-state index contributed by atoms with van der Waals surface area (Å²) in [7, 11) is 1.64. The number of ketones is 1. The first-order valence-corrected chi connectivity index (χ1v) is 11.6. The molecule has 0 unspecified atom stereocenters. The van der Waals surface area contributed by atoms with Gasteiger partial charge in [0, 0.05) is 43.0 Å². The first-order valence-electron chi connectivity index (χ1n) is 10.8. The fraction of sp³-hybridized carbons (Fsp3) is 0.292. The van der Waals surface area contributed by atoms with Gasteiger partial charge in [-0.1, -0.05) is 19.1 Å². The topological polar surface area (TPSA) is 88.6 Å². The van der Waals surface area contributed by atoms with Crippen molar-refractivity contribution in [3.8, 4) is 5.75 Å². The van der Waals surface area contributed by atoms with Crippen LogP contribution in [0.1, 0.15) is 23.7 Å². The zero-order valence-corrected chi connectivity index (χ0v) is 20.2. The third-order valence-corrected chi connectivity index (χ3v) is 5.93. The number of methoxy groups -OCH3 is 1. The zero-order valence-electron chi connectivity index (χ0n) is 18.6. The van der Waals surface area contributed by atoms with Crippen LogP contribution in [0.25, 0.3) is 0 Å². The van der Waals surface area contributed by atoms with Crippen LogP contribution in [-0.4, -0.2) is 49.2 Å². The molecule has 2 heterocycles. The Bertz CT molecular complexity index is 1130. The lowest BCUT2D eigenvalue weighted by molar-refractivity contribution is 0.0989. The van der Waals surface area contributed by atoms with Crippen LogP contribution in [0.3, 0.4) is 0 Å². The van der Waals surface area contributed by atoms with E-state index in [1.165, 1.54) is 0 Å². The lowest BCUT2D eigenvalue weighted by atomic mass is 10.1. The molecule has 1 aliphatic rings. The highest BCUT2D eigenvalue weighted by molar-refractivity contribution is 9.10. The number of hydrogen-bond donors (Lipinski definition) is 2. The minimum atomic E-state index is 0.0618. The van der Waals surface area contributed by atoms with Gasteiger partial charge in [0.1, 0.15) is 11.6 Å². The van der Waals surface area contributed by atoms with Crippen LogP contribution < -0.4 is 20.3 Å². The van der Waals surface area contributed by atoms with E-state index in [0.717, 1.165) is 37.7 Å². The van der Waals surface area contributed by atoms with E-state index in [1.807, 2.05) is 49.4 Å². The number of para-hydroxylation sites is 1. The highest BCUT2D eigenvalue weighted by atomic mass is 79.9. The van der Waals surface area contributed by atoms with E-state index in [4.69, 9.17) is 9.47 Å². The fourth-order valence-corrected chi connectivity index (χ4v) is 3.88. The zero-order chi connectivity index (χ0) is 23.2. The smallest absolute Gasteiger partial charge is 0.229 e. The molecule has 1 aromatic heterocycles. The average molecular weight is 512 g/mol. The van der Waals surface area contributed by atoms with Crippen molar-refractivity contribution in [2.75, 3.05) is 48.9 Å². The summed E-state index contributed by atoms with van der Waals surface area (Å²) in [6.07, 6.45) is 2.09. The minimum Gasteiger partial charge on any atom is -0.494 e. The van der Waals surface area contributed by atoms with Crippen LogP contribution in [0.4, 0.5) is 28.8 Å². The van der Waals surface area contributed by atoms with Gasteiger partial charge >= 0.3 is 0 Å². The number of benzene rings is 2. The number of rotatable bonds is 8. The van der Waals surface area contributed by atoms with Gasteiger partial charge in [-0.05, 0) is 40.2 Å². The predicted molar refractivity (Wildman–Crippen MR) is 133 cm³/mol. The molecule has 172 valence electrons. The Morgan fingerprint density at radius 3 is 2.70 bits per heavy atom. The predicted octanol–water partition coefficient (Wildman–Crippen LogP) is 5.16. The van der Waals surface area contributed by atoms with Gasteiger partial charge in [-0.3, -0.25) is 4.79 Å². The number of aromatic nitrogens is 2. The molecule has 4 rings (SSSR count). The van der Waals surface area contributed by atoms with E-state index in [9.17, 15) is 4.79 Å². The van der Waals surface area contributed by atoms with Crippen molar-refractivity contribution < 1.29 is 14.3 Å². The van der Waals surface area contributed by atoms with E-state index in [0.29, 0.717) is 39.7 Å². The fourth-order valence-electron chi connectivity index (χ4n) is 3.59. The minimum absolute atomic E-state index is 0.0618. The van der Waals surface area contributed by atoms with E-state index >= 15 is 0 Å². The number of morpholine rings is 1. The molecule has 0 spiro atoms. The molecule has 1 fully saturated rings. The number of carbonyl (C=O) groups is 1. The Morgan fingerprint density at radius 1 is 1.15 bits per heavy atom. The third kappa shape index (κ3) is 5.43. The van der Waals surface area contributed by atoms with Crippen molar-refractivity contribution in [2.24, 2.45) is 0 Å². The van der Waals surface area contributed by atoms with Crippen molar-refractivity contribution in [3.05, 3.63) is 58.7 Å². The molecule has 9 heteroatoms. The molecule has 0 saturated carbocycles. The van der Waals surface area contributed by atoms with Crippen molar-refractivity contribution in [3.63, 3.8) is 0 Å². The Balaban J connectivity index is 1.57. The third-order valence-electron chi connectivity index (χ3n) is 5.35. The van der Waals surface area contributed by atoms with E-state index < -0.39 is 0 Å². The number of Topliss-reactive ketones (excluding diaryl/α,β-unsaturated/α-hetero) is 1. The molecule has 0 radical (unpaired) electrons. The Morgan fingerprint density at radius 2 is 1.94 bits per heavy atom. The van der Waals surface area contributed by atoms with Crippen molar-refractivity contribution in [2.45, 2.75) is 13.3 Å². The molecule has 2 aromatic carbocycles. The van der Waals surface area contributed by atoms with E-state index in [-0.39, 0.29) is 5.78 Å². The molecule has 0 atom stereocenters. The highest BCUT2D eigenvalue weighted by Crippen LogP contribution is 2.33. The second-order valence-electron chi connectivity index (χ2n) is 7.45. The van der Waals surface area contributed by atoms with E-state index in [2.05, 4.69) is 41.4 Å². The maximum Gasteiger partial charge on any atom is 0.229 e. The van der Waals surface area contributed by atoms with Gasteiger partial charge in [-0.2, -0.15) is 4.98 Å². The van der Waals surface area contributed by atoms with Crippen LogP contribution in [0.5, 0.6) is 5.75 Å². The Labute approximate surface area is 201 Å². The number of nitrogens with one attached hydrogen (secondary N) is 2. The molecule has 0 bridgehead atoms. The summed E-state index contributed by atoms with van der Waals surface area (Å²) in [5, 5.41) is 6.49. The van der Waals surface area contributed by atoms with Gasteiger partial charge < -0.3 is 25.0 Å². The van der Waals surface area contributed by atoms with Gasteiger partial charge in [0.15, 0.2) is 5.78 Å². The van der Waals surface area contributed by atoms with E-state index in [1.54, 1.807) is 13.3 Å². The van der Waals surface area contributed by atoms with Crippen LogP contribution >= 0.6 is 15.9 Å². The summed E-state index contributed by atoms with van der Waals surface area (Å²) in [5.41, 5.74) is 3.16. The Kier molecular flexibility index (Phi) is 7.41. The maximum absolute atomic E-state index is 12.3. The maximum atomic E-state index is 12.3. The van der Waals surface area contributed by atoms with Crippen LogP contribution in [0.15, 0.2) is 53.1 Å². The number of nitrogens with zero attached hydrogens (tertiary/aromatic N) is 3. The summed E-state index contributed by atoms with van der Waals surface area (Å²) >= 11 is 3.49. The molecule has 0 amide bonds. The summed E-state index contributed by atoms with van der Waals surface area (Å²) < 4.78 is 11.7. The summed E-state index contributed by atoms with van der Waals surface area (Å²) in [4.78, 5) is 23.6. The van der Waals surface area contributed by atoms with Crippen molar-refractivity contribution >= 4 is 50.5 Å². The molecular weight excluding hydrogens is 486 g/mol. The number of ether oxygens (including phenoxy) is 2. The summed E-state index contributed by atoms with van der Waals surface area (Å²) in [6.45, 7) is 4.99. The van der Waals surface area contributed by atoms with Crippen LogP contribution in [0, 0.1) is 0 Å². The highest BCUT2D eigenvalue weighted by Gasteiger charge is 2.16. The lowest BCUT2D eigenvalue weighted by Gasteiger charge is -2.29. The monoisotopic (exact) mass is 511 g/mol. The largest absolute Gasteiger partial charge is 0.494 e. The first kappa shape index (κ1) is 23.0. The molecular formula is C24H26BrN5O3.